The predicted octanol–water partition coefficient (Wildman–Crippen LogP) is 1.39. The highest BCUT2D eigenvalue weighted by Crippen LogP contribution is 2.14. The quantitative estimate of drug-likeness (QED) is 0.825. The Morgan fingerprint density at radius 2 is 2.06 bits per heavy atom. The van der Waals surface area contributed by atoms with E-state index in [0.717, 1.165) is 11.4 Å². The Labute approximate surface area is 93.1 Å². The summed E-state index contributed by atoms with van der Waals surface area (Å²) in [6.45, 7) is 1.82. The standard InChI is InChI=1S/C11H12N4O/c1-8-10(7-13-14-8)11(16)15(2)9-3-5-12-6-4-9/h3-7H,1-2H3,(H,13,14). The van der Waals surface area contributed by atoms with Crippen LogP contribution in [0.15, 0.2) is 30.7 Å². The molecular formula is C11H12N4O. The summed E-state index contributed by atoms with van der Waals surface area (Å²) in [5.74, 6) is -0.0857. The molecule has 82 valence electrons. The Hall–Kier alpha value is -2.17. The molecule has 0 aliphatic heterocycles. The van der Waals surface area contributed by atoms with Gasteiger partial charge in [0.2, 0.25) is 0 Å². The number of pyridine rings is 1. The van der Waals surface area contributed by atoms with Crippen molar-refractivity contribution in [3.05, 3.63) is 42.0 Å². The van der Waals surface area contributed by atoms with Crippen molar-refractivity contribution in [3.8, 4) is 0 Å². The van der Waals surface area contributed by atoms with Crippen LogP contribution in [0, 0.1) is 6.92 Å². The lowest BCUT2D eigenvalue weighted by molar-refractivity contribution is 0.0992. The number of carbonyl (C=O) groups is 1. The van der Waals surface area contributed by atoms with Gasteiger partial charge in [0.1, 0.15) is 0 Å². The van der Waals surface area contributed by atoms with Crippen molar-refractivity contribution in [2.75, 3.05) is 11.9 Å². The zero-order chi connectivity index (χ0) is 11.5. The first-order chi connectivity index (χ1) is 7.70. The number of aromatic amines is 1. The summed E-state index contributed by atoms with van der Waals surface area (Å²) in [7, 11) is 1.73. The summed E-state index contributed by atoms with van der Waals surface area (Å²) < 4.78 is 0. The van der Waals surface area contributed by atoms with Crippen LogP contribution in [0.4, 0.5) is 5.69 Å². The Morgan fingerprint density at radius 1 is 1.38 bits per heavy atom. The first kappa shape index (κ1) is 10.4. The van der Waals surface area contributed by atoms with Gasteiger partial charge in [-0.3, -0.25) is 14.9 Å². The Bertz CT molecular complexity index is 492. The SMILES string of the molecule is Cc1[nH]ncc1C(=O)N(C)c1ccncc1. The normalized spacial score (nSPS) is 10.1. The van der Waals surface area contributed by atoms with Crippen LogP contribution < -0.4 is 4.90 Å². The minimum Gasteiger partial charge on any atom is -0.311 e. The van der Waals surface area contributed by atoms with Crippen LogP contribution in [0.1, 0.15) is 16.1 Å². The number of aromatic nitrogens is 3. The fourth-order valence-electron chi connectivity index (χ4n) is 1.43. The van der Waals surface area contributed by atoms with E-state index in [1.165, 1.54) is 6.20 Å². The van der Waals surface area contributed by atoms with E-state index in [-0.39, 0.29) is 5.91 Å². The number of anilines is 1. The van der Waals surface area contributed by atoms with Crippen molar-refractivity contribution < 1.29 is 4.79 Å². The van der Waals surface area contributed by atoms with Crippen LogP contribution >= 0.6 is 0 Å². The molecule has 0 saturated heterocycles. The van der Waals surface area contributed by atoms with Gasteiger partial charge >= 0.3 is 0 Å². The van der Waals surface area contributed by atoms with Gasteiger partial charge in [0.15, 0.2) is 0 Å². The largest absolute Gasteiger partial charge is 0.311 e. The van der Waals surface area contributed by atoms with Crippen molar-refractivity contribution in [3.63, 3.8) is 0 Å². The van der Waals surface area contributed by atoms with Crippen molar-refractivity contribution in [1.82, 2.24) is 15.2 Å². The third-order valence-electron chi connectivity index (χ3n) is 2.41. The molecule has 2 aromatic rings. The van der Waals surface area contributed by atoms with Crippen LogP contribution in [-0.2, 0) is 0 Å². The number of nitrogens with one attached hydrogen (secondary N) is 1. The van der Waals surface area contributed by atoms with E-state index in [4.69, 9.17) is 0 Å². The van der Waals surface area contributed by atoms with Gasteiger partial charge in [-0.15, -0.1) is 0 Å². The number of rotatable bonds is 2. The smallest absolute Gasteiger partial charge is 0.261 e. The molecule has 0 aromatic carbocycles. The highest BCUT2D eigenvalue weighted by atomic mass is 16.2. The fourth-order valence-corrected chi connectivity index (χ4v) is 1.43. The Morgan fingerprint density at radius 3 is 2.62 bits per heavy atom. The second-order valence-electron chi connectivity index (χ2n) is 3.48. The monoisotopic (exact) mass is 216 g/mol. The molecule has 0 atom stereocenters. The van der Waals surface area contributed by atoms with Crippen LogP contribution in [0.3, 0.4) is 0 Å². The molecule has 5 nitrogen and oxygen atoms in total. The molecule has 0 aliphatic carbocycles. The minimum absolute atomic E-state index is 0.0857. The van der Waals surface area contributed by atoms with E-state index in [9.17, 15) is 4.79 Å². The van der Waals surface area contributed by atoms with E-state index in [0.29, 0.717) is 5.56 Å². The molecule has 2 aromatic heterocycles. The fraction of sp³-hybridized carbons (Fsp3) is 0.182. The summed E-state index contributed by atoms with van der Waals surface area (Å²) in [4.78, 5) is 17.6. The molecule has 0 bridgehead atoms. The molecule has 0 unspecified atom stereocenters. The molecule has 2 heterocycles. The van der Waals surface area contributed by atoms with Gasteiger partial charge in [-0.2, -0.15) is 5.10 Å². The van der Waals surface area contributed by atoms with Gasteiger partial charge in [0.05, 0.1) is 11.8 Å². The van der Waals surface area contributed by atoms with E-state index < -0.39 is 0 Å². The summed E-state index contributed by atoms with van der Waals surface area (Å²) in [5.41, 5.74) is 2.16. The summed E-state index contributed by atoms with van der Waals surface area (Å²) in [6, 6.07) is 3.57. The van der Waals surface area contributed by atoms with Crippen molar-refractivity contribution in [2.24, 2.45) is 0 Å². The average Bonchev–Trinajstić information content (AvgIpc) is 2.75. The number of nitrogens with zero attached hydrogens (tertiary/aromatic N) is 3. The molecule has 0 saturated carbocycles. The van der Waals surface area contributed by atoms with E-state index >= 15 is 0 Å². The zero-order valence-corrected chi connectivity index (χ0v) is 9.14. The van der Waals surface area contributed by atoms with Crippen molar-refractivity contribution >= 4 is 11.6 Å². The molecule has 0 spiro atoms. The third kappa shape index (κ3) is 1.79. The van der Waals surface area contributed by atoms with E-state index in [1.54, 1.807) is 36.5 Å². The highest BCUT2D eigenvalue weighted by Gasteiger charge is 2.16. The van der Waals surface area contributed by atoms with Gasteiger partial charge in [-0.05, 0) is 19.1 Å². The molecule has 0 fully saturated rings. The number of carbonyl (C=O) groups excluding carboxylic acids is 1. The molecular weight excluding hydrogens is 204 g/mol. The van der Waals surface area contributed by atoms with E-state index in [2.05, 4.69) is 15.2 Å². The second-order valence-corrected chi connectivity index (χ2v) is 3.48. The maximum Gasteiger partial charge on any atom is 0.261 e. The number of hydrogen-bond acceptors (Lipinski definition) is 3. The number of H-pyrrole nitrogens is 1. The molecule has 2 rings (SSSR count). The second kappa shape index (κ2) is 4.14. The first-order valence-electron chi connectivity index (χ1n) is 4.88. The third-order valence-corrected chi connectivity index (χ3v) is 2.41. The van der Waals surface area contributed by atoms with Crippen LogP contribution in [0.2, 0.25) is 0 Å². The lowest BCUT2D eigenvalue weighted by atomic mass is 10.2. The number of aryl methyl sites for hydroxylation is 1. The highest BCUT2D eigenvalue weighted by molar-refractivity contribution is 6.06. The summed E-state index contributed by atoms with van der Waals surface area (Å²) in [5, 5.41) is 6.58. The van der Waals surface area contributed by atoms with Crippen LogP contribution in [-0.4, -0.2) is 28.1 Å². The summed E-state index contributed by atoms with van der Waals surface area (Å²) in [6.07, 6.45) is 4.85. The van der Waals surface area contributed by atoms with Crippen molar-refractivity contribution in [1.29, 1.82) is 0 Å². The van der Waals surface area contributed by atoms with Crippen molar-refractivity contribution in [2.45, 2.75) is 6.92 Å². The number of hydrogen-bond donors (Lipinski definition) is 1. The van der Waals surface area contributed by atoms with Gasteiger partial charge < -0.3 is 4.90 Å². The van der Waals surface area contributed by atoms with Gasteiger partial charge in [0, 0.05) is 30.8 Å². The molecule has 5 heteroatoms. The lowest BCUT2D eigenvalue weighted by Crippen LogP contribution is -2.26. The molecule has 0 radical (unpaired) electrons. The maximum absolute atomic E-state index is 12.1. The Balaban J connectivity index is 2.27. The van der Waals surface area contributed by atoms with Gasteiger partial charge in [0.25, 0.3) is 5.91 Å². The van der Waals surface area contributed by atoms with Crippen LogP contribution in [0.25, 0.3) is 0 Å². The maximum atomic E-state index is 12.1. The zero-order valence-electron chi connectivity index (χ0n) is 9.14. The lowest BCUT2D eigenvalue weighted by Gasteiger charge is -2.16. The molecule has 16 heavy (non-hydrogen) atoms. The average molecular weight is 216 g/mol. The van der Waals surface area contributed by atoms with Gasteiger partial charge in [-0.1, -0.05) is 0 Å². The van der Waals surface area contributed by atoms with E-state index in [1.807, 2.05) is 6.92 Å². The molecule has 1 N–H and O–H groups in total. The molecule has 1 amide bonds. The summed E-state index contributed by atoms with van der Waals surface area (Å²) >= 11 is 0. The topological polar surface area (TPSA) is 61.9 Å². The predicted molar refractivity (Wildman–Crippen MR) is 60.3 cm³/mol. The van der Waals surface area contributed by atoms with Crippen LogP contribution in [0.5, 0.6) is 0 Å². The minimum atomic E-state index is -0.0857. The van der Waals surface area contributed by atoms with Gasteiger partial charge in [-0.25, -0.2) is 0 Å². The number of amides is 1. The Kier molecular flexibility index (Phi) is 2.68. The first-order valence-corrected chi connectivity index (χ1v) is 4.88. The molecule has 0 aliphatic rings.